The summed E-state index contributed by atoms with van der Waals surface area (Å²) in [5, 5.41) is 3.09. The van der Waals surface area contributed by atoms with Crippen LogP contribution >= 0.6 is 0 Å². The monoisotopic (exact) mass is 383 g/mol. The van der Waals surface area contributed by atoms with Gasteiger partial charge in [-0.2, -0.15) is 4.31 Å². The van der Waals surface area contributed by atoms with E-state index >= 15 is 0 Å². The van der Waals surface area contributed by atoms with Crippen molar-refractivity contribution < 1.29 is 17.9 Å². The van der Waals surface area contributed by atoms with E-state index in [2.05, 4.69) is 12.2 Å². The molecule has 3 rings (SSSR count). The summed E-state index contributed by atoms with van der Waals surface area (Å²) in [6.07, 6.45) is 6.94. The minimum atomic E-state index is -3.59. The van der Waals surface area contributed by atoms with Crippen LogP contribution in [0.25, 0.3) is 0 Å². The Morgan fingerprint density at radius 1 is 1.19 bits per heavy atom. The highest BCUT2D eigenvalue weighted by Crippen LogP contribution is 2.24. The van der Waals surface area contributed by atoms with Crippen molar-refractivity contribution >= 4 is 15.9 Å². The van der Waals surface area contributed by atoms with Crippen molar-refractivity contribution in [3.63, 3.8) is 0 Å². The van der Waals surface area contributed by atoms with Gasteiger partial charge in [0.15, 0.2) is 0 Å². The van der Waals surface area contributed by atoms with E-state index in [0.29, 0.717) is 37.9 Å². The molecule has 2 unspecified atom stereocenters. The van der Waals surface area contributed by atoms with Gasteiger partial charge >= 0.3 is 0 Å². The summed E-state index contributed by atoms with van der Waals surface area (Å²) in [5.41, 5.74) is 0.383. The van der Waals surface area contributed by atoms with Crippen LogP contribution in [-0.2, 0) is 21.8 Å². The lowest BCUT2D eigenvalue weighted by Gasteiger charge is -2.25. The van der Waals surface area contributed by atoms with Gasteiger partial charge in [0, 0.05) is 32.4 Å². The summed E-state index contributed by atoms with van der Waals surface area (Å²) >= 11 is 0. The van der Waals surface area contributed by atoms with Gasteiger partial charge in [0.2, 0.25) is 10.0 Å². The molecule has 2 aliphatic rings. The molecule has 1 aliphatic carbocycles. The summed E-state index contributed by atoms with van der Waals surface area (Å²) in [5.74, 6) is 0.507. The van der Waals surface area contributed by atoms with Crippen LogP contribution in [0.5, 0.6) is 0 Å². The molecule has 1 N–H and O–H groups in total. The van der Waals surface area contributed by atoms with Crippen LogP contribution in [0.4, 0.5) is 0 Å². The van der Waals surface area contributed by atoms with Crippen LogP contribution in [0.1, 0.15) is 49.5 Å². The van der Waals surface area contributed by atoms with Gasteiger partial charge in [0.1, 0.15) is 10.6 Å². The maximum absolute atomic E-state index is 12.8. The van der Waals surface area contributed by atoms with Gasteiger partial charge in [0.25, 0.3) is 5.91 Å². The second kappa shape index (κ2) is 8.10. The topological polar surface area (TPSA) is 80.6 Å². The first kappa shape index (κ1) is 19.4. The van der Waals surface area contributed by atoms with Crippen molar-refractivity contribution in [3.8, 4) is 0 Å². The summed E-state index contributed by atoms with van der Waals surface area (Å²) in [7, 11) is -1.88. The van der Waals surface area contributed by atoms with Crippen molar-refractivity contribution in [1.29, 1.82) is 0 Å². The number of ether oxygens (including phenoxy) is 1. The minimum Gasteiger partial charge on any atom is -0.379 e. The second-order valence-corrected chi connectivity index (χ2v) is 9.41. The Bertz CT molecular complexity index is 738. The maximum atomic E-state index is 12.8. The Labute approximate surface area is 155 Å². The first-order chi connectivity index (χ1) is 12.4. The fourth-order valence-electron chi connectivity index (χ4n) is 3.73. The van der Waals surface area contributed by atoms with E-state index in [1.54, 1.807) is 11.6 Å². The van der Waals surface area contributed by atoms with Gasteiger partial charge in [-0.15, -0.1) is 0 Å². The molecule has 1 saturated heterocycles. The molecule has 7 nitrogen and oxygen atoms in total. The van der Waals surface area contributed by atoms with Crippen LogP contribution in [0, 0.1) is 5.92 Å². The van der Waals surface area contributed by atoms with Gasteiger partial charge < -0.3 is 14.6 Å². The quantitative estimate of drug-likeness (QED) is 0.803. The van der Waals surface area contributed by atoms with Gasteiger partial charge in [-0.25, -0.2) is 8.42 Å². The number of carbonyl (C=O) groups excluding carboxylic acids is 1. The SMILES string of the molecule is CC1CCCC(NC(=O)c2cc(S(=O)(=O)N3CCOCC3)cn2C)CC1. The lowest BCUT2D eigenvalue weighted by Crippen LogP contribution is -2.40. The molecule has 2 atom stereocenters. The normalized spacial score (nSPS) is 25.6. The number of aryl methyl sites for hydroxylation is 1. The van der Waals surface area contributed by atoms with Gasteiger partial charge in [0.05, 0.1) is 13.2 Å². The average molecular weight is 384 g/mol. The smallest absolute Gasteiger partial charge is 0.268 e. The van der Waals surface area contributed by atoms with Crippen molar-refractivity contribution in [2.24, 2.45) is 13.0 Å². The Hall–Kier alpha value is -1.38. The summed E-state index contributed by atoms with van der Waals surface area (Å²) < 4.78 is 33.8. The number of morpholine rings is 1. The third-order valence-corrected chi connectivity index (χ3v) is 7.28. The Morgan fingerprint density at radius 3 is 2.65 bits per heavy atom. The predicted molar refractivity (Wildman–Crippen MR) is 98.5 cm³/mol. The molecule has 0 aromatic carbocycles. The highest BCUT2D eigenvalue weighted by molar-refractivity contribution is 7.89. The first-order valence-corrected chi connectivity index (χ1v) is 10.9. The highest BCUT2D eigenvalue weighted by Gasteiger charge is 2.29. The molecule has 2 heterocycles. The van der Waals surface area contributed by atoms with Crippen molar-refractivity contribution in [1.82, 2.24) is 14.2 Å². The predicted octanol–water partition coefficient (Wildman–Crippen LogP) is 1.74. The zero-order chi connectivity index (χ0) is 18.7. The van der Waals surface area contributed by atoms with Gasteiger partial charge in [-0.05, 0) is 31.2 Å². The molecular formula is C18H29N3O4S. The number of nitrogens with zero attached hydrogens (tertiary/aromatic N) is 2. The van der Waals surface area contributed by atoms with Gasteiger partial charge in [-0.3, -0.25) is 4.79 Å². The van der Waals surface area contributed by atoms with E-state index in [1.807, 2.05) is 0 Å². The molecular weight excluding hydrogens is 354 g/mol. The molecule has 2 fully saturated rings. The Morgan fingerprint density at radius 2 is 1.92 bits per heavy atom. The fourth-order valence-corrected chi connectivity index (χ4v) is 5.21. The molecule has 0 radical (unpaired) electrons. The zero-order valence-corrected chi connectivity index (χ0v) is 16.4. The third-order valence-electron chi connectivity index (χ3n) is 5.41. The largest absolute Gasteiger partial charge is 0.379 e. The number of rotatable bonds is 4. The number of carbonyl (C=O) groups is 1. The third kappa shape index (κ3) is 4.29. The Kier molecular flexibility index (Phi) is 6.04. The lowest BCUT2D eigenvalue weighted by atomic mass is 10.0. The van der Waals surface area contributed by atoms with Crippen LogP contribution < -0.4 is 5.32 Å². The van der Waals surface area contributed by atoms with E-state index < -0.39 is 10.0 Å². The number of nitrogens with one attached hydrogen (secondary N) is 1. The van der Waals surface area contributed by atoms with Crippen LogP contribution in [-0.4, -0.2) is 55.5 Å². The number of hydrogen-bond donors (Lipinski definition) is 1. The Balaban J connectivity index is 1.72. The summed E-state index contributed by atoms with van der Waals surface area (Å²) in [4.78, 5) is 12.9. The average Bonchev–Trinajstić information content (AvgIpc) is 2.91. The molecule has 1 aliphatic heterocycles. The van der Waals surface area contributed by atoms with E-state index in [1.165, 1.54) is 23.0 Å². The van der Waals surface area contributed by atoms with E-state index in [4.69, 9.17) is 4.74 Å². The van der Waals surface area contributed by atoms with Gasteiger partial charge in [-0.1, -0.05) is 19.8 Å². The summed E-state index contributed by atoms with van der Waals surface area (Å²) in [6.45, 7) is 3.75. The number of aromatic nitrogens is 1. The van der Waals surface area contributed by atoms with E-state index in [-0.39, 0.29) is 16.8 Å². The molecule has 0 spiro atoms. The molecule has 8 heteroatoms. The van der Waals surface area contributed by atoms with Crippen LogP contribution in [0.15, 0.2) is 17.2 Å². The van der Waals surface area contributed by atoms with Crippen LogP contribution in [0.2, 0.25) is 0 Å². The van der Waals surface area contributed by atoms with Crippen LogP contribution in [0.3, 0.4) is 0 Å². The molecule has 146 valence electrons. The van der Waals surface area contributed by atoms with Crippen molar-refractivity contribution in [3.05, 3.63) is 18.0 Å². The first-order valence-electron chi connectivity index (χ1n) is 9.43. The minimum absolute atomic E-state index is 0.168. The van der Waals surface area contributed by atoms with E-state index in [0.717, 1.165) is 25.7 Å². The molecule has 1 aromatic heterocycles. The molecule has 1 amide bonds. The zero-order valence-electron chi connectivity index (χ0n) is 15.6. The molecule has 1 saturated carbocycles. The molecule has 0 bridgehead atoms. The standard InChI is InChI=1S/C18H29N3O4S/c1-14-4-3-5-15(7-6-14)19-18(22)17-12-16(13-20(17)2)26(23,24)21-8-10-25-11-9-21/h12-15H,3-11H2,1-2H3,(H,19,22). The number of amides is 1. The highest BCUT2D eigenvalue weighted by atomic mass is 32.2. The maximum Gasteiger partial charge on any atom is 0.268 e. The number of hydrogen-bond acceptors (Lipinski definition) is 4. The number of sulfonamides is 1. The lowest BCUT2D eigenvalue weighted by molar-refractivity contribution is 0.0730. The molecule has 1 aromatic rings. The van der Waals surface area contributed by atoms with E-state index in [9.17, 15) is 13.2 Å². The second-order valence-electron chi connectivity index (χ2n) is 7.47. The van der Waals surface area contributed by atoms with Crippen molar-refractivity contribution in [2.45, 2.75) is 50.0 Å². The summed E-state index contributed by atoms with van der Waals surface area (Å²) in [6, 6.07) is 1.65. The van der Waals surface area contributed by atoms with Crippen molar-refractivity contribution in [2.75, 3.05) is 26.3 Å². The fraction of sp³-hybridized carbons (Fsp3) is 0.722. The molecule has 26 heavy (non-hydrogen) atoms.